The number of halogens is 2. The number of aliphatic hydroxyl groups excluding tert-OH is 4. The summed E-state index contributed by atoms with van der Waals surface area (Å²) in [5, 5.41) is 38.0. The van der Waals surface area contributed by atoms with E-state index in [2.05, 4.69) is 0 Å². The lowest BCUT2D eigenvalue weighted by molar-refractivity contribution is -0.0640. The average Bonchev–Trinajstić information content (AvgIpc) is 3.11. The van der Waals surface area contributed by atoms with Gasteiger partial charge in [0.2, 0.25) is 0 Å². The minimum Gasteiger partial charge on any atom is -0.399 e. The SMILES string of the molecule is OCC(O)C1OB(c2ccc(-c3cccc(F)c3)cc2F)OC1C(O)CO. The molecule has 2 aromatic rings. The fourth-order valence-electron chi connectivity index (χ4n) is 3.01. The van der Waals surface area contributed by atoms with Crippen molar-refractivity contribution >= 4 is 12.6 Å². The van der Waals surface area contributed by atoms with Gasteiger partial charge >= 0.3 is 7.12 Å². The van der Waals surface area contributed by atoms with E-state index in [-0.39, 0.29) is 5.46 Å². The molecule has 1 aliphatic rings. The molecule has 27 heavy (non-hydrogen) atoms. The van der Waals surface area contributed by atoms with Crippen molar-refractivity contribution in [3.05, 3.63) is 54.1 Å². The van der Waals surface area contributed by atoms with E-state index in [9.17, 15) is 19.0 Å². The second-order valence-electron chi connectivity index (χ2n) is 6.28. The van der Waals surface area contributed by atoms with Crippen LogP contribution in [0.2, 0.25) is 0 Å². The quantitative estimate of drug-likeness (QED) is 0.519. The summed E-state index contributed by atoms with van der Waals surface area (Å²) in [5.41, 5.74) is 0.960. The van der Waals surface area contributed by atoms with Crippen LogP contribution in [0.15, 0.2) is 42.5 Å². The molecule has 0 spiro atoms. The van der Waals surface area contributed by atoms with E-state index in [1.807, 2.05) is 0 Å². The van der Waals surface area contributed by atoms with Crippen molar-refractivity contribution in [3.8, 4) is 11.1 Å². The Labute approximate surface area is 154 Å². The molecule has 2 aromatic carbocycles. The van der Waals surface area contributed by atoms with Gasteiger partial charge in [0.15, 0.2) is 0 Å². The van der Waals surface area contributed by atoms with Crippen molar-refractivity contribution in [3.63, 3.8) is 0 Å². The zero-order valence-electron chi connectivity index (χ0n) is 14.2. The van der Waals surface area contributed by atoms with Gasteiger partial charge in [0.1, 0.15) is 23.8 Å². The van der Waals surface area contributed by atoms with Gasteiger partial charge in [0, 0.05) is 5.46 Å². The Bertz CT molecular complexity index is 774. The molecule has 1 fully saturated rings. The smallest absolute Gasteiger partial charge is 0.399 e. The summed E-state index contributed by atoms with van der Waals surface area (Å²) >= 11 is 0. The van der Waals surface area contributed by atoms with Crippen molar-refractivity contribution < 1.29 is 38.5 Å². The third kappa shape index (κ3) is 4.18. The zero-order chi connectivity index (χ0) is 19.6. The van der Waals surface area contributed by atoms with Gasteiger partial charge in [-0.3, -0.25) is 0 Å². The molecule has 0 aliphatic carbocycles. The van der Waals surface area contributed by atoms with Gasteiger partial charge in [0.25, 0.3) is 0 Å². The van der Waals surface area contributed by atoms with Gasteiger partial charge < -0.3 is 29.7 Å². The zero-order valence-corrected chi connectivity index (χ0v) is 14.2. The van der Waals surface area contributed by atoms with E-state index in [0.29, 0.717) is 11.1 Å². The van der Waals surface area contributed by atoms with Crippen LogP contribution < -0.4 is 5.46 Å². The maximum absolute atomic E-state index is 14.6. The van der Waals surface area contributed by atoms with Crippen molar-refractivity contribution in [1.82, 2.24) is 0 Å². The highest BCUT2D eigenvalue weighted by atomic mass is 19.1. The lowest BCUT2D eigenvalue weighted by Gasteiger charge is -2.24. The molecule has 1 aliphatic heterocycles. The summed E-state index contributed by atoms with van der Waals surface area (Å²) in [5.74, 6) is -1.13. The summed E-state index contributed by atoms with van der Waals surface area (Å²) < 4.78 is 38.9. The average molecular weight is 380 g/mol. The molecule has 1 heterocycles. The molecule has 9 heteroatoms. The molecular formula is C18H19BF2O6. The van der Waals surface area contributed by atoms with Gasteiger partial charge in [-0.2, -0.15) is 0 Å². The van der Waals surface area contributed by atoms with Crippen molar-refractivity contribution in [2.24, 2.45) is 0 Å². The van der Waals surface area contributed by atoms with E-state index in [1.54, 1.807) is 12.1 Å². The number of hydrogen-bond donors (Lipinski definition) is 4. The van der Waals surface area contributed by atoms with Crippen LogP contribution >= 0.6 is 0 Å². The Morgan fingerprint density at radius 1 is 0.889 bits per heavy atom. The molecule has 3 rings (SSSR count). The number of hydrogen-bond acceptors (Lipinski definition) is 6. The van der Waals surface area contributed by atoms with Crippen LogP contribution in [0.25, 0.3) is 11.1 Å². The maximum Gasteiger partial charge on any atom is 0.497 e. The molecule has 0 saturated carbocycles. The normalized spacial score (nSPS) is 22.1. The number of rotatable bonds is 6. The van der Waals surface area contributed by atoms with E-state index in [4.69, 9.17) is 19.5 Å². The molecule has 144 valence electrons. The van der Waals surface area contributed by atoms with E-state index < -0.39 is 56.4 Å². The minimum atomic E-state index is -1.38. The van der Waals surface area contributed by atoms with Crippen LogP contribution in [-0.4, -0.2) is 65.2 Å². The molecule has 0 aromatic heterocycles. The molecule has 4 N–H and O–H groups in total. The predicted molar refractivity (Wildman–Crippen MR) is 93.1 cm³/mol. The Hall–Kier alpha value is -1.88. The standard InChI is InChI=1S/C18H19BF2O6/c20-12-3-1-2-10(6-12)11-4-5-13(14(21)7-11)19-26-17(15(24)8-22)18(27-19)16(25)9-23/h1-7,15-18,22-25H,8-9H2. The molecule has 0 amide bonds. The first-order valence-corrected chi connectivity index (χ1v) is 8.38. The Morgan fingerprint density at radius 3 is 2.00 bits per heavy atom. The molecule has 0 radical (unpaired) electrons. The molecule has 4 atom stereocenters. The summed E-state index contributed by atoms with van der Waals surface area (Å²) in [6.45, 7) is -1.31. The predicted octanol–water partition coefficient (Wildman–Crippen LogP) is -0.183. The highest BCUT2D eigenvalue weighted by molar-refractivity contribution is 6.62. The third-order valence-electron chi connectivity index (χ3n) is 4.43. The van der Waals surface area contributed by atoms with Gasteiger partial charge in [0.05, 0.1) is 25.4 Å². The van der Waals surface area contributed by atoms with Crippen LogP contribution in [0.1, 0.15) is 0 Å². The molecule has 4 unspecified atom stereocenters. The van der Waals surface area contributed by atoms with Gasteiger partial charge in [-0.25, -0.2) is 8.78 Å². The highest BCUT2D eigenvalue weighted by Gasteiger charge is 2.47. The third-order valence-corrected chi connectivity index (χ3v) is 4.43. The maximum atomic E-state index is 14.6. The lowest BCUT2D eigenvalue weighted by Crippen LogP contribution is -2.45. The first-order valence-electron chi connectivity index (χ1n) is 8.38. The van der Waals surface area contributed by atoms with Crippen LogP contribution in [0.3, 0.4) is 0 Å². The summed E-state index contributed by atoms with van der Waals surface area (Å²) in [6, 6.07) is 9.88. The monoisotopic (exact) mass is 380 g/mol. The lowest BCUT2D eigenvalue weighted by atomic mass is 9.78. The minimum absolute atomic E-state index is 0.0120. The van der Waals surface area contributed by atoms with Crippen molar-refractivity contribution in [2.45, 2.75) is 24.4 Å². The van der Waals surface area contributed by atoms with E-state index in [0.717, 1.165) is 0 Å². The molecule has 0 bridgehead atoms. The van der Waals surface area contributed by atoms with Gasteiger partial charge in [-0.05, 0) is 29.3 Å². The van der Waals surface area contributed by atoms with Crippen molar-refractivity contribution in [1.29, 1.82) is 0 Å². The fourth-order valence-corrected chi connectivity index (χ4v) is 3.01. The molecule has 1 saturated heterocycles. The first-order chi connectivity index (χ1) is 12.9. The van der Waals surface area contributed by atoms with Crippen LogP contribution in [0, 0.1) is 11.6 Å². The van der Waals surface area contributed by atoms with E-state index >= 15 is 0 Å². The molecular weight excluding hydrogens is 361 g/mol. The Kier molecular flexibility index (Phi) is 6.20. The summed E-state index contributed by atoms with van der Waals surface area (Å²) in [4.78, 5) is 0. The topological polar surface area (TPSA) is 99.4 Å². The largest absolute Gasteiger partial charge is 0.497 e. The van der Waals surface area contributed by atoms with Gasteiger partial charge in [-0.15, -0.1) is 0 Å². The second kappa shape index (κ2) is 8.43. The van der Waals surface area contributed by atoms with E-state index in [1.165, 1.54) is 30.3 Å². The number of benzene rings is 2. The summed E-state index contributed by atoms with van der Waals surface area (Å²) in [6.07, 6.45) is -5.06. The van der Waals surface area contributed by atoms with Crippen LogP contribution in [-0.2, 0) is 9.31 Å². The first kappa shape index (κ1) is 19.9. The summed E-state index contributed by atoms with van der Waals surface area (Å²) in [7, 11) is -1.25. The van der Waals surface area contributed by atoms with Crippen molar-refractivity contribution in [2.75, 3.05) is 13.2 Å². The highest BCUT2D eigenvalue weighted by Crippen LogP contribution is 2.25. The molecule has 6 nitrogen and oxygen atoms in total. The Balaban J connectivity index is 1.86. The Morgan fingerprint density at radius 2 is 1.48 bits per heavy atom. The van der Waals surface area contributed by atoms with Crippen LogP contribution in [0.4, 0.5) is 8.78 Å². The van der Waals surface area contributed by atoms with Gasteiger partial charge in [-0.1, -0.05) is 24.3 Å². The van der Waals surface area contributed by atoms with Crippen LogP contribution in [0.5, 0.6) is 0 Å². The number of aliphatic hydroxyl groups is 4. The second-order valence-corrected chi connectivity index (χ2v) is 6.28. The fraction of sp³-hybridized carbons (Fsp3) is 0.333.